The van der Waals surface area contributed by atoms with Crippen LogP contribution in [0.3, 0.4) is 0 Å². The van der Waals surface area contributed by atoms with Gasteiger partial charge in [0.05, 0.1) is 6.42 Å². The van der Waals surface area contributed by atoms with Crippen LogP contribution in [0.5, 0.6) is 0 Å². The largest absolute Gasteiger partial charge is 0.324 e. The molecule has 1 amide bonds. The van der Waals surface area contributed by atoms with Gasteiger partial charge in [0.15, 0.2) is 0 Å². The minimum atomic E-state index is -0.359. The van der Waals surface area contributed by atoms with Gasteiger partial charge >= 0.3 is 0 Å². The number of hydrogen-bond acceptors (Lipinski definition) is 5. The summed E-state index contributed by atoms with van der Waals surface area (Å²) in [6.45, 7) is 1.55. The van der Waals surface area contributed by atoms with Crippen LogP contribution < -0.4 is 16.4 Å². The monoisotopic (exact) mass is 324 g/mol. The molecule has 24 heavy (non-hydrogen) atoms. The van der Waals surface area contributed by atoms with Crippen LogP contribution >= 0.6 is 0 Å². The van der Waals surface area contributed by atoms with E-state index < -0.39 is 0 Å². The predicted octanol–water partition coefficient (Wildman–Crippen LogP) is 0.950. The zero-order valence-electron chi connectivity index (χ0n) is 13.0. The number of nitrogens with one attached hydrogen (secondary N) is 3. The van der Waals surface area contributed by atoms with Crippen LogP contribution in [0.4, 0.5) is 5.95 Å². The van der Waals surface area contributed by atoms with Crippen LogP contribution in [-0.4, -0.2) is 25.7 Å². The summed E-state index contributed by atoms with van der Waals surface area (Å²) in [7, 11) is 0. The number of nitrogens with zero attached hydrogens (tertiary/aromatic N) is 3. The van der Waals surface area contributed by atoms with Gasteiger partial charge in [-0.05, 0) is 36.8 Å². The van der Waals surface area contributed by atoms with Crippen LogP contribution in [0.1, 0.15) is 11.3 Å². The van der Waals surface area contributed by atoms with Crippen LogP contribution in [0.2, 0.25) is 0 Å². The summed E-state index contributed by atoms with van der Waals surface area (Å²) in [5, 5.41) is 7.39. The lowest BCUT2D eigenvalue weighted by Gasteiger charge is -2.08. The first-order valence-electron chi connectivity index (χ1n) is 7.32. The molecule has 0 saturated carbocycles. The van der Waals surface area contributed by atoms with Gasteiger partial charge in [0.2, 0.25) is 11.9 Å². The fraction of sp³-hybridized carbons (Fsp3) is 0.125. The van der Waals surface area contributed by atoms with Crippen molar-refractivity contribution in [1.29, 1.82) is 0 Å². The molecule has 0 atom stereocenters. The third kappa shape index (κ3) is 3.67. The van der Waals surface area contributed by atoms with E-state index in [4.69, 9.17) is 0 Å². The van der Waals surface area contributed by atoms with Crippen molar-refractivity contribution in [1.82, 2.24) is 25.2 Å². The van der Waals surface area contributed by atoms with Crippen molar-refractivity contribution in [3.8, 4) is 5.69 Å². The number of carbonyl (C=O) groups excluding carboxylic acids is 1. The molecule has 0 unspecified atom stereocenters. The normalized spacial score (nSPS) is 10.4. The lowest BCUT2D eigenvalue weighted by atomic mass is 10.1. The Morgan fingerprint density at radius 1 is 1.17 bits per heavy atom. The molecule has 2 aromatic heterocycles. The SMILES string of the molecule is Cc1nnc(NNC(=O)Cc2ccc(-n3cccc3)cc2)[nH]c1=O. The fourth-order valence-electron chi connectivity index (χ4n) is 2.10. The Bertz CT molecular complexity index is 884. The molecule has 8 nitrogen and oxygen atoms in total. The van der Waals surface area contributed by atoms with E-state index in [2.05, 4.69) is 26.0 Å². The number of amides is 1. The third-order valence-electron chi connectivity index (χ3n) is 3.38. The molecule has 8 heteroatoms. The maximum atomic E-state index is 11.9. The van der Waals surface area contributed by atoms with Gasteiger partial charge in [-0.15, -0.1) is 10.2 Å². The second kappa shape index (κ2) is 6.78. The first kappa shape index (κ1) is 15.5. The first-order valence-corrected chi connectivity index (χ1v) is 7.32. The Kier molecular flexibility index (Phi) is 4.37. The Morgan fingerprint density at radius 3 is 2.54 bits per heavy atom. The molecule has 3 rings (SSSR count). The minimum absolute atomic E-state index is 0.0851. The highest BCUT2D eigenvalue weighted by atomic mass is 16.2. The maximum Gasteiger partial charge on any atom is 0.274 e. The summed E-state index contributed by atoms with van der Waals surface area (Å²) < 4.78 is 1.98. The number of benzene rings is 1. The van der Waals surface area contributed by atoms with E-state index in [9.17, 15) is 9.59 Å². The lowest BCUT2D eigenvalue weighted by Crippen LogP contribution is -2.33. The number of aromatic amines is 1. The Hall–Kier alpha value is -3.42. The maximum absolute atomic E-state index is 11.9. The molecule has 0 radical (unpaired) electrons. The second-order valence-electron chi connectivity index (χ2n) is 5.19. The molecule has 122 valence electrons. The number of rotatable bonds is 5. The average Bonchev–Trinajstić information content (AvgIpc) is 3.11. The zero-order valence-corrected chi connectivity index (χ0v) is 13.0. The summed E-state index contributed by atoms with van der Waals surface area (Å²) in [6, 6.07) is 11.6. The topological polar surface area (TPSA) is 105 Å². The van der Waals surface area contributed by atoms with Crippen LogP contribution in [0.15, 0.2) is 53.6 Å². The van der Waals surface area contributed by atoms with E-state index >= 15 is 0 Å². The van der Waals surface area contributed by atoms with Crippen molar-refractivity contribution in [2.24, 2.45) is 0 Å². The zero-order chi connectivity index (χ0) is 16.9. The number of carbonyl (C=O) groups is 1. The van der Waals surface area contributed by atoms with E-state index in [1.54, 1.807) is 6.92 Å². The van der Waals surface area contributed by atoms with Crippen molar-refractivity contribution in [3.63, 3.8) is 0 Å². The van der Waals surface area contributed by atoms with Crippen LogP contribution in [-0.2, 0) is 11.2 Å². The number of H-pyrrole nitrogens is 1. The van der Waals surface area contributed by atoms with Gasteiger partial charge in [0.1, 0.15) is 5.69 Å². The van der Waals surface area contributed by atoms with Crippen molar-refractivity contribution in [3.05, 3.63) is 70.4 Å². The molecule has 2 heterocycles. The molecule has 0 spiro atoms. The first-order chi connectivity index (χ1) is 11.6. The van der Waals surface area contributed by atoms with Crippen molar-refractivity contribution in [2.75, 3.05) is 5.43 Å². The molecule has 0 fully saturated rings. The molecular weight excluding hydrogens is 308 g/mol. The molecule has 1 aromatic carbocycles. The summed E-state index contributed by atoms with van der Waals surface area (Å²) in [4.78, 5) is 25.8. The van der Waals surface area contributed by atoms with Gasteiger partial charge in [-0.3, -0.25) is 25.4 Å². The van der Waals surface area contributed by atoms with Gasteiger partial charge in [-0.25, -0.2) is 0 Å². The molecule has 3 N–H and O–H groups in total. The molecule has 0 saturated heterocycles. The number of anilines is 1. The smallest absolute Gasteiger partial charge is 0.274 e. The lowest BCUT2D eigenvalue weighted by molar-refractivity contribution is -0.119. The highest BCUT2D eigenvalue weighted by molar-refractivity contribution is 5.79. The van der Waals surface area contributed by atoms with Crippen molar-refractivity contribution >= 4 is 11.9 Å². The molecule has 3 aromatic rings. The van der Waals surface area contributed by atoms with E-state index in [1.807, 2.05) is 53.4 Å². The highest BCUT2D eigenvalue weighted by Gasteiger charge is 2.05. The van der Waals surface area contributed by atoms with E-state index in [0.717, 1.165) is 11.3 Å². The Labute approximate surface area is 137 Å². The number of hydrazine groups is 1. The van der Waals surface area contributed by atoms with Crippen LogP contribution in [0, 0.1) is 6.92 Å². The fourth-order valence-corrected chi connectivity index (χ4v) is 2.10. The van der Waals surface area contributed by atoms with Gasteiger partial charge in [-0.2, -0.15) is 0 Å². The Balaban J connectivity index is 1.56. The number of hydrogen-bond donors (Lipinski definition) is 3. The molecule has 0 aliphatic rings. The average molecular weight is 324 g/mol. The van der Waals surface area contributed by atoms with E-state index in [1.165, 1.54) is 0 Å². The third-order valence-corrected chi connectivity index (χ3v) is 3.38. The Morgan fingerprint density at radius 2 is 1.88 bits per heavy atom. The summed E-state index contributed by atoms with van der Waals surface area (Å²) in [5.74, 6) is -0.172. The molecule has 0 aliphatic heterocycles. The predicted molar refractivity (Wildman–Crippen MR) is 88.6 cm³/mol. The van der Waals surface area contributed by atoms with Gasteiger partial charge in [0, 0.05) is 18.1 Å². The molecular formula is C16H16N6O2. The number of aromatic nitrogens is 4. The summed E-state index contributed by atoms with van der Waals surface area (Å²) in [5.41, 5.74) is 6.80. The summed E-state index contributed by atoms with van der Waals surface area (Å²) in [6.07, 6.45) is 4.10. The minimum Gasteiger partial charge on any atom is -0.324 e. The van der Waals surface area contributed by atoms with Crippen molar-refractivity contribution < 1.29 is 4.79 Å². The van der Waals surface area contributed by atoms with Gasteiger partial charge in [-0.1, -0.05) is 12.1 Å². The quantitative estimate of drug-likeness (QED) is 0.606. The standard InChI is InChI=1S/C16H16N6O2/c1-11-15(24)17-16(20-18-11)21-19-14(23)10-12-4-6-13(7-5-12)22-8-2-3-9-22/h2-9H,10H2,1H3,(H,19,23)(H2,17,20,21,24). The molecule has 0 bridgehead atoms. The molecule has 0 aliphatic carbocycles. The van der Waals surface area contributed by atoms with Crippen LogP contribution in [0.25, 0.3) is 5.69 Å². The highest BCUT2D eigenvalue weighted by Crippen LogP contribution is 2.10. The summed E-state index contributed by atoms with van der Waals surface area (Å²) >= 11 is 0. The van der Waals surface area contributed by atoms with Crippen molar-refractivity contribution in [2.45, 2.75) is 13.3 Å². The number of aryl methyl sites for hydroxylation is 1. The van der Waals surface area contributed by atoms with E-state index in [0.29, 0.717) is 0 Å². The van der Waals surface area contributed by atoms with Gasteiger partial charge in [0.25, 0.3) is 5.56 Å². The second-order valence-corrected chi connectivity index (χ2v) is 5.19. The van der Waals surface area contributed by atoms with E-state index in [-0.39, 0.29) is 29.5 Å². The van der Waals surface area contributed by atoms with Gasteiger partial charge < -0.3 is 4.57 Å².